The molecule has 5 heteroatoms. The average molecular weight is 291 g/mol. The van der Waals surface area contributed by atoms with Gasteiger partial charge in [-0.2, -0.15) is 0 Å². The van der Waals surface area contributed by atoms with Gasteiger partial charge in [0.2, 0.25) is 5.91 Å². The zero-order chi connectivity index (χ0) is 14.5. The van der Waals surface area contributed by atoms with Gasteiger partial charge in [-0.3, -0.25) is 9.69 Å². The molecular formula is C15H15ClN2O2. The molecular weight excluding hydrogens is 276 g/mol. The Bertz CT molecular complexity index is 587. The molecule has 0 aliphatic rings. The fourth-order valence-corrected chi connectivity index (χ4v) is 1.96. The van der Waals surface area contributed by atoms with Crippen molar-refractivity contribution < 1.29 is 9.90 Å². The molecule has 2 aromatic rings. The first-order valence-corrected chi connectivity index (χ1v) is 6.66. The van der Waals surface area contributed by atoms with Gasteiger partial charge in [-0.25, -0.2) is 4.98 Å². The van der Waals surface area contributed by atoms with Crippen LogP contribution in [0.15, 0.2) is 48.7 Å². The van der Waals surface area contributed by atoms with Crippen LogP contribution in [0, 0.1) is 0 Å². The summed E-state index contributed by atoms with van der Waals surface area (Å²) < 4.78 is 0. The van der Waals surface area contributed by atoms with Crippen molar-refractivity contribution >= 4 is 23.3 Å². The van der Waals surface area contributed by atoms with Crippen molar-refractivity contribution in [2.45, 2.75) is 18.8 Å². The van der Waals surface area contributed by atoms with Gasteiger partial charge < -0.3 is 5.11 Å². The van der Waals surface area contributed by atoms with Gasteiger partial charge in [0.1, 0.15) is 16.9 Å². The Morgan fingerprint density at radius 3 is 2.75 bits per heavy atom. The molecule has 1 heterocycles. The molecule has 1 atom stereocenters. The Hall–Kier alpha value is -2.07. The summed E-state index contributed by atoms with van der Waals surface area (Å²) in [6.45, 7) is 1.93. The molecule has 0 saturated heterocycles. The van der Waals surface area contributed by atoms with Gasteiger partial charge in [-0.1, -0.05) is 18.2 Å². The van der Waals surface area contributed by atoms with Crippen LogP contribution in [0.4, 0.5) is 5.82 Å². The van der Waals surface area contributed by atoms with Crippen LogP contribution in [0.25, 0.3) is 0 Å². The topological polar surface area (TPSA) is 53.4 Å². The molecule has 0 radical (unpaired) electrons. The molecule has 20 heavy (non-hydrogen) atoms. The molecule has 104 valence electrons. The summed E-state index contributed by atoms with van der Waals surface area (Å²) >= 11 is 5.90. The number of benzene rings is 1. The predicted octanol–water partition coefficient (Wildman–Crippen LogP) is 2.95. The Balaban J connectivity index is 2.30. The second-order valence-electron chi connectivity index (χ2n) is 4.40. The van der Waals surface area contributed by atoms with E-state index in [9.17, 15) is 9.90 Å². The quantitative estimate of drug-likeness (QED) is 0.881. The second kappa shape index (κ2) is 6.39. The number of carbonyl (C=O) groups is 1. The lowest BCUT2D eigenvalue weighted by molar-refractivity contribution is -0.118. The summed E-state index contributed by atoms with van der Waals surface area (Å²) in [4.78, 5) is 17.9. The molecule has 0 spiro atoms. The van der Waals surface area contributed by atoms with Crippen LogP contribution in [0.2, 0.25) is 0 Å². The lowest BCUT2D eigenvalue weighted by atomic mass is 10.2. The van der Waals surface area contributed by atoms with Gasteiger partial charge in [0.25, 0.3) is 0 Å². The molecule has 0 fully saturated rings. The summed E-state index contributed by atoms with van der Waals surface area (Å²) in [5.74, 6) is 0.469. The molecule has 1 amide bonds. The number of halogens is 1. The fraction of sp³-hybridized carbons (Fsp3) is 0.200. The normalized spacial score (nSPS) is 11.9. The molecule has 2 rings (SSSR count). The highest BCUT2D eigenvalue weighted by molar-refractivity contribution is 6.32. The van der Waals surface area contributed by atoms with E-state index in [0.717, 1.165) is 5.56 Å². The molecule has 1 N–H and O–H groups in total. The molecule has 1 unspecified atom stereocenters. The highest BCUT2D eigenvalue weighted by Crippen LogP contribution is 2.19. The number of hydrogen-bond acceptors (Lipinski definition) is 3. The van der Waals surface area contributed by atoms with Crippen molar-refractivity contribution in [3.05, 3.63) is 54.2 Å². The van der Waals surface area contributed by atoms with Crippen LogP contribution in [0.5, 0.6) is 5.75 Å². The summed E-state index contributed by atoms with van der Waals surface area (Å²) in [5.41, 5.74) is 0.807. The molecule has 1 aromatic heterocycles. The van der Waals surface area contributed by atoms with Gasteiger partial charge in [-0.15, -0.1) is 11.6 Å². The first kappa shape index (κ1) is 14.3. The molecule has 0 aliphatic heterocycles. The van der Waals surface area contributed by atoms with Crippen LogP contribution >= 0.6 is 11.6 Å². The molecule has 0 saturated carbocycles. The van der Waals surface area contributed by atoms with E-state index in [0.29, 0.717) is 12.4 Å². The highest BCUT2D eigenvalue weighted by Gasteiger charge is 2.21. The summed E-state index contributed by atoms with van der Waals surface area (Å²) in [6, 6.07) is 12.1. The lowest BCUT2D eigenvalue weighted by Gasteiger charge is -2.23. The summed E-state index contributed by atoms with van der Waals surface area (Å²) in [7, 11) is 0. The number of carbonyl (C=O) groups excluding carboxylic acids is 1. The number of pyridine rings is 1. The minimum absolute atomic E-state index is 0.162. The van der Waals surface area contributed by atoms with Crippen molar-refractivity contribution in [2.75, 3.05) is 4.90 Å². The number of alkyl halides is 1. The Morgan fingerprint density at radius 2 is 2.15 bits per heavy atom. The van der Waals surface area contributed by atoms with Gasteiger partial charge >= 0.3 is 0 Å². The van der Waals surface area contributed by atoms with Crippen molar-refractivity contribution in [3.63, 3.8) is 0 Å². The van der Waals surface area contributed by atoms with E-state index in [1.165, 1.54) is 4.90 Å². The number of anilines is 1. The molecule has 4 nitrogen and oxygen atoms in total. The fourth-order valence-electron chi connectivity index (χ4n) is 1.84. The van der Waals surface area contributed by atoms with E-state index in [-0.39, 0.29) is 11.7 Å². The Morgan fingerprint density at radius 1 is 1.35 bits per heavy atom. The SMILES string of the molecule is CC(Cl)C(=O)N(Cc1cccc(O)c1)c1ccccn1. The molecule has 1 aromatic carbocycles. The largest absolute Gasteiger partial charge is 0.508 e. The van der Waals surface area contributed by atoms with Crippen molar-refractivity contribution in [1.29, 1.82) is 0 Å². The first-order valence-electron chi connectivity index (χ1n) is 6.22. The van der Waals surface area contributed by atoms with Crippen molar-refractivity contribution in [1.82, 2.24) is 4.98 Å². The third-order valence-corrected chi connectivity index (χ3v) is 2.97. The average Bonchev–Trinajstić information content (AvgIpc) is 2.45. The summed E-state index contributed by atoms with van der Waals surface area (Å²) in [5, 5.41) is 8.86. The van der Waals surface area contributed by atoms with Crippen LogP contribution in [0.3, 0.4) is 0 Å². The minimum Gasteiger partial charge on any atom is -0.508 e. The van der Waals surface area contributed by atoms with Crippen LogP contribution in [-0.2, 0) is 11.3 Å². The minimum atomic E-state index is -0.644. The van der Waals surface area contributed by atoms with E-state index in [4.69, 9.17) is 11.6 Å². The third kappa shape index (κ3) is 3.48. The highest BCUT2D eigenvalue weighted by atomic mass is 35.5. The smallest absolute Gasteiger partial charge is 0.246 e. The van der Waals surface area contributed by atoms with E-state index in [2.05, 4.69) is 4.98 Å². The molecule has 0 bridgehead atoms. The Labute approximate surface area is 122 Å². The number of rotatable bonds is 4. The van der Waals surface area contributed by atoms with Gasteiger partial charge in [-0.05, 0) is 36.8 Å². The van der Waals surface area contributed by atoms with E-state index < -0.39 is 5.38 Å². The maximum absolute atomic E-state index is 12.2. The number of amides is 1. The van der Waals surface area contributed by atoms with Gasteiger partial charge in [0.05, 0.1) is 6.54 Å². The third-order valence-electron chi connectivity index (χ3n) is 2.78. The van der Waals surface area contributed by atoms with Gasteiger partial charge in [0, 0.05) is 6.20 Å². The van der Waals surface area contributed by atoms with Crippen molar-refractivity contribution in [2.24, 2.45) is 0 Å². The first-order chi connectivity index (χ1) is 9.58. The maximum atomic E-state index is 12.2. The Kier molecular flexibility index (Phi) is 4.58. The monoisotopic (exact) mass is 290 g/mol. The molecule has 0 aliphatic carbocycles. The number of hydrogen-bond donors (Lipinski definition) is 1. The number of phenols is 1. The zero-order valence-electron chi connectivity index (χ0n) is 11.0. The van der Waals surface area contributed by atoms with Crippen LogP contribution in [0.1, 0.15) is 12.5 Å². The van der Waals surface area contributed by atoms with E-state index >= 15 is 0 Å². The maximum Gasteiger partial charge on any atom is 0.246 e. The lowest BCUT2D eigenvalue weighted by Crippen LogP contribution is -2.35. The zero-order valence-corrected chi connectivity index (χ0v) is 11.8. The standard InChI is InChI=1S/C15H15ClN2O2/c1-11(16)15(20)18(14-7-2-3-8-17-14)10-12-5-4-6-13(19)9-12/h2-9,11,19H,10H2,1H3. The second-order valence-corrected chi connectivity index (χ2v) is 5.05. The number of phenolic OH excluding ortho intramolecular Hbond substituents is 1. The number of nitrogens with zero attached hydrogens (tertiary/aromatic N) is 2. The van der Waals surface area contributed by atoms with Crippen LogP contribution < -0.4 is 4.90 Å². The van der Waals surface area contributed by atoms with Gasteiger partial charge in [0.15, 0.2) is 0 Å². The predicted molar refractivity (Wildman–Crippen MR) is 78.8 cm³/mol. The van der Waals surface area contributed by atoms with E-state index in [1.54, 1.807) is 43.5 Å². The van der Waals surface area contributed by atoms with E-state index in [1.807, 2.05) is 12.1 Å². The van der Waals surface area contributed by atoms with Crippen molar-refractivity contribution in [3.8, 4) is 5.75 Å². The number of aromatic nitrogens is 1. The van der Waals surface area contributed by atoms with Crippen LogP contribution in [-0.4, -0.2) is 21.4 Å². The number of aromatic hydroxyl groups is 1. The summed E-state index contributed by atoms with van der Waals surface area (Å²) in [6.07, 6.45) is 1.62.